The van der Waals surface area contributed by atoms with Crippen LogP contribution in [0, 0.1) is 0 Å². The van der Waals surface area contributed by atoms with Gasteiger partial charge in [-0.2, -0.15) is 0 Å². The van der Waals surface area contributed by atoms with Gasteiger partial charge in [-0.3, -0.25) is 4.79 Å². The fraction of sp³-hybridized carbons (Fsp3) is 0.316. The molecule has 1 atom stereocenters. The number of carbonyl (C=O) groups excluding carboxylic acids is 1. The molecule has 0 radical (unpaired) electrons. The van der Waals surface area contributed by atoms with Crippen LogP contribution in [-0.4, -0.2) is 52.6 Å². The van der Waals surface area contributed by atoms with Crippen molar-refractivity contribution in [1.29, 1.82) is 0 Å². The van der Waals surface area contributed by atoms with E-state index in [2.05, 4.69) is 4.72 Å². The summed E-state index contributed by atoms with van der Waals surface area (Å²) in [5.41, 5.74) is 0.980. The molecule has 1 saturated heterocycles. The molecule has 28 heavy (non-hydrogen) atoms. The van der Waals surface area contributed by atoms with Crippen LogP contribution in [-0.2, 0) is 19.6 Å². The molecule has 1 N–H and O–H groups in total. The third-order valence-corrected chi connectivity index (χ3v) is 6.13. The van der Waals surface area contributed by atoms with Crippen LogP contribution in [0.4, 0.5) is 0 Å². The molecule has 0 saturated carbocycles. The Kier molecular flexibility index (Phi) is 6.56. The second kappa shape index (κ2) is 8.91. The second-order valence-electron chi connectivity index (χ2n) is 6.23. The second-order valence-corrected chi connectivity index (χ2v) is 8.40. The molecule has 7 nitrogen and oxygen atoms in total. The van der Waals surface area contributed by atoms with E-state index in [1.165, 1.54) is 25.3 Å². The summed E-state index contributed by atoms with van der Waals surface area (Å²) < 4.78 is 38.0. The summed E-state index contributed by atoms with van der Waals surface area (Å²) in [6.07, 6.45) is -0.226. The SMILES string of the molecule is COc1ccc(S(=O)(=O)NCC(=O)N2CCO[C@H](c3ccccc3)C2)cc1Cl. The van der Waals surface area contributed by atoms with Crippen LogP contribution < -0.4 is 9.46 Å². The van der Waals surface area contributed by atoms with Gasteiger partial charge in [0.05, 0.1) is 36.7 Å². The Morgan fingerprint density at radius 2 is 2.04 bits per heavy atom. The molecule has 2 aromatic rings. The minimum absolute atomic E-state index is 0.0322. The van der Waals surface area contributed by atoms with E-state index in [9.17, 15) is 13.2 Å². The zero-order valence-corrected chi connectivity index (χ0v) is 16.9. The lowest BCUT2D eigenvalue weighted by Gasteiger charge is -2.33. The van der Waals surface area contributed by atoms with Gasteiger partial charge in [0.1, 0.15) is 11.9 Å². The number of halogens is 1. The molecule has 0 bridgehead atoms. The summed E-state index contributed by atoms with van der Waals surface area (Å²) in [5.74, 6) is 0.0596. The summed E-state index contributed by atoms with van der Waals surface area (Å²) >= 11 is 5.99. The van der Waals surface area contributed by atoms with Gasteiger partial charge in [-0.1, -0.05) is 41.9 Å². The van der Waals surface area contributed by atoms with Crippen molar-refractivity contribution in [3.8, 4) is 5.75 Å². The molecule has 1 aliphatic rings. The van der Waals surface area contributed by atoms with Crippen molar-refractivity contribution in [2.45, 2.75) is 11.0 Å². The van der Waals surface area contributed by atoms with E-state index in [0.717, 1.165) is 5.56 Å². The summed E-state index contributed by atoms with van der Waals surface area (Å²) in [5, 5.41) is 0.176. The van der Waals surface area contributed by atoms with Gasteiger partial charge in [0, 0.05) is 6.54 Å². The summed E-state index contributed by atoms with van der Waals surface area (Å²) in [6, 6.07) is 13.7. The largest absolute Gasteiger partial charge is 0.495 e. The predicted molar refractivity (Wildman–Crippen MR) is 105 cm³/mol. The highest BCUT2D eigenvalue weighted by Gasteiger charge is 2.26. The van der Waals surface area contributed by atoms with Crippen LogP contribution in [0.25, 0.3) is 0 Å². The molecule has 0 aliphatic carbocycles. The van der Waals surface area contributed by atoms with Crippen molar-refractivity contribution in [2.75, 3.05) is 33.4 Å². The lowest BCUT2D eigenvalue weighted by molar-refractivity contribution is -0.137. The van der Waals surface area contributed by atoms with Gasteiger partial charge in [0.15, 0.2) is 0 Å². The fourth-order valence-corrected chi connectivity index (χ4v) is 4.23. The summed E-state index contributed by atoms with van der Waals surface area (Å²) in [4.78, 5) is 14.1. The smallest absolute Gasteiger partial charge is 0.241 e. The number of rotatable bonds is 6. The number of nitrogens with zero attached hydrogens (tertiary/aromatic N) is 1. The van der Waals surface area contributed by atoms with E-state index in [1.807, 2.05) is 30.3 Å². The van der Waals surface area contributed by atoms with Crippen molar-refractivity contribution in [2.24, 2.45) is 0 Å². The number of sulfonamides is 1. The van der Waals surface area contributed by atoms with Gasteiger partial charge in [0.25, 0.3) is 0 Å². The third kappa shape index (κ3) is 4.82. The zero-order chi connectivity index (χ0) is 20.1. The Morgan fingerprint density at radius 1 is 1.29 bits per heavy atom. The number of nitrogens with one attached hydrogen (secondary N) is 1. The number of methoxy groups -OCH3 is 1. The number of hydrogen-bond acceptors (Lipinski definition) is 5. The van der Waals surface area contributed by atoms with E-state index in [-0.39, 0.29) is 28.5 Å². The molecule has 9 heteroatoms. The zero-order valence-electron chi connectivity index (χ0n) is 15.3. The molecule has 150 valence electrons. The molecule has 3 rings (SSSR count). The number of morpholine rings is 1. The van der Waals surface area contributed by atoms with Crippen molar-refractivity contribution in [3.05, 3.63) is 59.1 Å². The van der Waals surface area contributed by atoms with Gasteiger partial charge in [-0.15, -0.1) is 0 Å². The molecule has 1 heterocycles. The topological polar surface area (TPSA) is 84.9 Å². The highest BCUT2D eigenvalue weighted by atomic mass is 35.5. The maximum atomic E-state index is 12.5. The molecule has 0 unspecified atom stereocenters. The molecular formula is C19H21ClN2O5S. The summed E-state index contributed by atoms with van der Waals surface area (Å²) in [7, 11) is -2.43. The van der Waals surface area contributed by atoms with Gasteiger partial charge >= 0.3 is 0 Å². The van der Waals surface area contributed by atoms with E-state index in [4.69, 9.17) is 21.1 Å². The average molecular weight is 425 g/mol. The number of ether oxygens (including phenoxy) is 2. The van der Waals surface area contributed by atoms with E-state index in [0.29, 0.717) is 25.4 Å². The highest BCUT2D eigenvalue weighted by molar-refractivity contribution is 7.89. The average Bonchev–Trinajstić information content (AvgIpc) is 2.72. The molecule has 2 aromatic carbocycles. The lowest BCUT2D eigenvalue weighted by Crippen LogP contribution is -2.46. The lowest BCUT2D eigenvalue weighted by atomic mass is 10.1. The number of hydrogen-bond donors (Lipinski definition) is 1. The van der Waals surface area contributed by atoms with Gasteiger partial charge in [-0.05, 0) is 23.8 Å². The first-order valence-electron chi connectivity index (χ1n) is 8.68. The predicted octanol–water partition coefficient (Wildman–Crippen LogP) is 2.23. The van der Waals surface area contributed by atoms with E-state index < -0.39 is 10.0 Å². The normalized spacial score (nSPS) is 17.4. The van der Waals surface area contributed by atoms with Crippen molar-refractivity contribution in [1.82, 2.24) is 9.62 Å². The Morgan fingerprint density at radius 3 is 2.71 bits per heavy atom. The summed E-state index contributed by atoms with van der Waals surface area (Å²) in [6.45, 7) is 0.844. The monoisotopic (exact) mass is 424 g/mol. The van der Waals surface area contributed by atoms with Gasteiger partial charge in [0.2, 0.25) is 15.9 Å². The first kappa shape index (κ1) is 20.6. The number of amides is 1. The molecule has 0 aromatic heterocycles. The van der Waals surface area contributed by atoms with Crippen LogP contribution in [0.15, 0.2) is 53.4 Å². The fourth-order valence-electron chi connectivity index (χ4n) is 2.91. The minimum atomic E-state index is -3.88. The minimum Gasteiger partial charge on any atom is -0.495 e. The van der Waals surface area contributed by atoms with Crippen LogP contribution in [0.1, 0.15) is 11.7 Å². The van der Waals surface area contributed by atoms with Crippen molar-refractivity contribution >= 4 is 27.5 Å². The van der Waals surface area contributed by atoms with Crippen LogP contribution in [0.3, 0.4) is 0 Å². The molecule has 1 aliphatic heterocycles. The van der Waals surface area contributed by atoms with Crippen LogP contribution >= 0.6 is 11.6 Å². The number of carbonyl (C=O) groups is 1. The van der Waals surface area contributed by atoms with Crippen molar-refractivity contribution in [3.63, 3.8) is 0 Å². The quantitative estimate of drug-likeness (QED) is 0.768. The van der Waals surface area contributed by atoms with E-state index in [1.54, 1.807) is 4.90 Å². The molecule has 1 fully saturated rings. The Bertz CT molecular complexity index is 937. The molecular weight excluding hydrogens is 404 g/mol. The van der Waals surface area contributed by atoms with Crippen molar-refractivity contribution < 1.29 is 22.7 Å². The first-order valence-corrected chi connectivity index (χ1v) is 10.5. The van der Waals surface area contributed by atoms with Gasteiger partial charge < -0.3 is 14.4 Å². The van der Waals surface area contributed by atoms with Crippen LogP contribution in [0.2, 0.25) is 5.02 Å². The van der Waals surface area contributed by atoms with Gasteiger partial charge in [-0.25, -0.2) is 13.1 Å². The molecule has 1 amide bonds. The number of benzene rings is 2. The van der Waals surface area contributed by atoms with E-state index >= 15 is 0 Å². The first-order chi connectivity index (χ1) is 13.4. The Balaban J connectivity index is 1.62. The Hall–Kier alpha value is -2.13. The third-order valence-electron chi connectivity index (χ3n) is 4.44. The van der Waals surface area contributed by atoms with Crippen LogP contribution in [0.5, 0.6) is 5.75 Å². The molecule has 0 spiro atoms. The Labute approximate surface area is 169 Å². The maximum absolute atomic E-state index is 12.5. The standard InChI is InChI=1S/C19H21ClN2O5S/c1-26-17-8-7-15(11-16(17)20)28(24,25)21-12-19(23)22-9-10-27-18(13-22)14-5-3-2-4-6-14/h2-8,11,18,21H,9-10,12-13H2,1H3/t18-/m0/s1. The maximum Gasteiger partial charge on any atom is 0.241 e. The highest BCUT2D eigenvalue weighted by Crippen LogP contribution is 2.27.